The van der Waals surface area contributed by atoms with Crippen molar-refractivity contribution in [1.82, 2.24) is 0 Å². The van der Waals surface area contributed by atoms with Gasteiger partial charge in [0.25, 0.3) is 0 Å². The molecule has 0 bridgehead atoms. The normalized spacial score (nSPS) is 9.40. The maximum absolute atomic E-state index is 11.2. The van der Waals surface area contributed by atoms with Gasteiger partial charge >= 0.3 is 5.97 Å². The van der Waals surface area contributed by atoms with Crippen LogP contribution in [0.2, 0.25) is 0 Å². The molecule has 0 aromatic heterocycles. The number of benzene rings is 1. The largest absolute Gasteiger partial charge is 0.466 e. The number of esters is 1. The summed E-state index contributed by atoms with van der Waals surface area (Å²) >= 11 is 3.28. The highest BCUT2D eigenvalue weighted by Crippen LogP contribution is 2.16. The zero-order valence-electron chi connectivity index (χ0n) is 8.29. The van der Waals surface area contributed by atoms with Crippen LogP contribution in [-0.4, -0.2) is 12.6 Å². The van der Waals surface area contributed by atoms with E-state index in [0.717, 1.165) is 10.0 Å². The van der Waals surface area contributed by atoms with Gasteiger partial charge in [0.2, 0.25) is 0 Å². The van der Waals surface area contributed by atoms with Crippen molar-refractivity contribution in [2.45, 2.75) is 13.3 Å². The molecule has 0 aliphatic carbocycles. The average Bonchev–Trinajstić information content (AvgIpc) is 2.17. The zero-order valence-corrected chi connectivity index (χ0v) is 9.87. The number of hydrogen-bond donors (Lipinski definition) is 0. The summed E-state index contributed by atoms with van der Waals surface area (Å²) in [5, 5.41) is 8.74. The van der Waals surface area contributed by atoms with Gasteiger partial charge in [0, 0.05) is 4.47 Å². The average molecular weight is 268 g/mol. The van der Waals surface area contributed by atoms with Crippen LogP contribution in [0.1, 0.15) is 18.1 Å². The first-order valence-electron chi connectivity index (χ1n) is 4.51. The van der Waals surface area contributed by atoms with Gasteiger partial charge in [-0.05, 0) is 30.7 Å². The van der Waals surface area contributed by atoms with E-state index in [4.69, 9.17) is 10.00 Å². The molecule has 0 aliphatic rings. The van der Waals surface area contributed by atoms with Gasteiger partial charge in [0.1, 0.15) is 0 Å². The third-order valence-corrected chi connectivity index (χ3v) is 2.20. The van der Waals surface area contributed by atoms with Gasteiger partial charge in [-0.3, -0.25) is 4.79 Å². The molecule has 0 fully saturated rings. The number of carbonyl (C=O) groups is 1. The van der Waals surface area contributed by atoms with Crippen molar-refractivity contribution < 1.29 is 9.53 Å². The Morgan fingerprint density at radius 3 is 2.87 bits per heavy atom. The molecule has 0 aliphatic heterocycles. The van der Waals surface area contributed by atoms with E-state index in [0.29, 0.717) is 12.2 Å². The number of rotatable bonds is 3. The summed E-state index contributed by atoms with van der Waals surface area (Å²) in [6.45, 7) is 2.14. The fraction of sp³-hybridized carbons (Fsp3) is 0.273. The predicted molar refractivity (Wildman–Crippen MR) is 59.2 cm³/mol. The molecule has 1 aromatic carbocycles. The quantitative estimate of drug-likeness (QED) is 0.791. The third-order valence-electron chi connectivity index (χ3n) is 1.74. The van der Waals surface area contributed by atoms with E-state index in [2.05, 4.69) is 15.9 Å². The molecule has 1 aromatic rings. The number of hydrogen-bond acceptors (Lipinski definition) is 3. The van der Waals surface area contributed by atoms with E-state index in [1.54, 1.807) is 25.1 Å². The Labute approximate surface area is 96.8 Å². The molecule has 0 saturated heterocycles. The second kappa shape index (κ2) is 5.52. The molecule has 78 valence electrons. The number of carbonyl (C=O) groups excluding carboxylic acids is 1. The van der Waals surface area contributed by atoms with Crippen LogP contribution in [-0.2, 0) is 16.0 Å². The summed E-state index contributed by atoms with van der Waals surface area (Å²) < 4.78 is 5.61. The van der Waals surface area contributed by atoms with E-state index in [9.17, 15) is 4.79 Å². The highest BCUT2D eigenvalue weighted by atomic mass is 79.9. The summed E-state index contributed by atoms with van der Waals surface area (Å²) in [4.78, 5) is 11.2. The summed E-state index contributed by atoms with van der Waals surface area (Å²) in [6.07, 6.45) is 0.196. The van der Waals surface area contributed by atoms with Gasteiger partial charge in [-0.2, -0.15) is 5.26 Å². The Bertz CT molecular complexity index is 410. The fourth-order valence-electron chi connectivity index (χ4n) is 1.20. The monoisotopic (exact) mass is 267 g/mol. The highest BCUT2D eigenvalue weighted by Gasteiger charge is 2.05. The Morgan fingerprint density at radius 1 is 1.53 bits per heavy atom. The summed E-state index contributed by atoms with van der Waals surface area (Å²) in [5.41, 5.74) is 1.31. The minimum absolute atomic E-state index is 0.196. The summed E-state index contributed by atoms with van der Waals surface area (Å²) in [7, 11) is 0. The van der Waals surface area contributed by atoms with Crippen molar-refractivity contribution in [1.29, 1.82) is 5.26 Å². The molecule has 0 radical (unpaired) electrons. The van der Waals surface area contributed by atoms with E-state index >= 15 is 0 Å². The second-order valence-corrected chi connectivity index (χ2v) is 3.86. The first kappa shape index (κ1) is 11.7. The van der Waals surface area contributed by atoms with Crippen LogP contribution >= 0.6 is 15.9 Å². The summed E-state index contributed by atoms with van der Waals surface area (Å²) in [6, 6.07) is 7.22. The minimum atomic E-state index is -0.278. The lowest BCUT2D eigenvalue weighted by molar-refractivity contribution is -0.142. The van der Waals surface area contributed by atoms with Crippen LogP contribution in [0, 0.1) is 11.3 Å². The van der Waals surface area contributed by atoms with Crippen molar-refractivity contribution in [2.75, 3.05) is 6.61 Å². The van der Waals surface area contributed by atoms with E-state index < -0.39 is 0 Å². The maximum atomic E-state index is 11.2. The van der Waals surface area contributed by atoms with Crippen LogP contribution in [0.3, 0.4) is 0 Å². The predicted octanol–water partition coefficient (Wildman–Crippen LogP) is 2.43. The molecular formula is C11H10BrNO2. The molecule has 0 unspecified atom stereocenters. The van der Waals surface area contributed by atoms with Gasteiger partial charge < -0.3 is 4.74 Å². The molecule has 0 amide bonds. The summed E-state index contributed by atoms with van der Waals surface area (Å²) in [5.74, 6) is -0.278. The first-order chi connectivity index (χ1) is 7.15. The van der Waals surface area contributed by atoms with Crippen molar-refractivity contribution in [3.63, 3.8) is 0 Å². The Hall–Kier alpha value is -1.34. The molecular weight excluding hydrogens is 258 g/mol. The lowest BCUT2D eigenvalue weighted by Crippen LogP contribution is -2.07. The van der Waals surface area contributed by atoms with Crippen molar-refractivity contribution >= 4 is 21.9 Å². The second-order valence-electron chi connectivity index (χ2n) is 2.94. The number of halogens is 1. The molecule has 0 saturated carbocycles. The van der Waals surface area contributed by atoms with Gasteiger partial charge in [0.05, 0.1) is 24.7 Å². The number of nitriles is 1. The molecule has 0 N–H and O–H groups in total. The molecule has 4 heteroatoms. The number of nitrogens with zero attached hydrogens (tertiary/aromatic N) is 1. The lowest BCUT2D eigenvalue weighted by Gasteiger charge is -2.03. The minimum Gasteiger partial charge on any atom is -0.466 e. The molecule has 15 heavy (non-hydrogen) atoms. The SMILES string of the molecule is CCOC(=O)Cc1cc(Br)cc(C#N)c1. The van der Waals surface area contributed by atoms with Crippen molar-refractivity contribution in [3.05, 3.63) is 33.8 Å². The van der Waals surface area contributed by atoms with Crippen LogP contribution in [0.15, 0.2) is 22.7 Å². The Kier molecular flexibility index (Phi) is 4.32. The maximum Gasteiger partial charge on any atom is 0.310 e. The van der Waals surface area contributed by atoms with Crippen LogP contribution in [0.25, 0.3) is 0 Å². The zero-order chi connectivity index (χ0) is 11.3. The van der Waals surface area contributed by atoms with Crippen molar-refractivity contribution in [3.8, 4) is 6.07 Å². The third kappa shape index (κ3) is 3.72. The van der Waals surface area contributed by atoms with Crippen LogP contribution in [0.5, 0.6) is 0 Å². The molecule has 1 rings (SSSR count). The van der Waals surface area contributed by atoms with E-state index in [-0.39, 0.29) is 12.4 Å². The molecule has 0 atom stereocenters. The van der Waals surface area contributed by atoms with Gasteiger partial charge in [-0.1, -0.05) is 15.9 Å². The fourth-order valence-corrected chi connectivity index (χ4v) is 1.74. The lowest BCUT2D eigenvalue weighted by atomic mass is 10.1. The highest BCUT2D eigenvalue weighted by molar-refractivity contribution is 9.10. The standard InChI is InChI=1S/C11H10BrNO2/c1-2-15-11(14)6-8-3-9(7-13)5-10(12)4-8/h3-5H,2,6H2,1H3. The van der Waals surface area contributed by atoms with Gasteiger partial charge in [0.15, 0.2) is 0 Å². The van der Waals surface area contributed by atoms with Gasteiger partial charge in [-0.15, -0.1) is 0 Å². The van der Waals surface area contributed by atoms with E-state index in [1.165, 1.54) is 0 Å². The van der Waals surface area contributed by atoms with E-state index in [1.807, 2.05) is 6.07 Å². The molecule has 0 heterocycles. The van der Waals surface area contributed by atoms with Crippen LogP contribution < -0.4 is 0 Å². The Morgan fingerprint density at radius 2 is 2.27 bits per heavy atom. The van der Waals surface area contributed by atoms with Crippen LogP contribution in [0.4, 0.5) is 0 Å². The molecule has 0 spiro atoms. The Balaban J connectivity index is 2.82. The first-order valence-corrected chi connectivity index (χ1v) is 5.30. The van der Waals surface area contributed by atoms with Crippen molar-refractivity contribution in [2.24, 2.45) is 0 Å². The van der Waals surface area contributed by atoms with Gasteiger partial charge in [-0.25, -0.2) is 0 Å². The number of ether oxygens (including phenoxy) is 1. The molecule has 3 nitrogen and oxygen atoms in total. The topological polar surface area (TPSA) is 50.1 Å². The smallest absolute Gasteiger partial charge is 0.310 e.